The van der Waals surface area contributed by atoms with Crippen molar-refractivity contribution in [2.24, 2.45) is 0 Å². The van der Waals surface area contributed by atoms with Crippen molar-refractivity contribution in [1.82, 2.24) is 9.88 Å². The number of thioether (sulfide) groups is 1. The van der Waals surface area contributed by atoms with Crippen LogP contribution in [0.4, 0.5) is 0 Å². The van der Waals surface area contributed by atoms with E-state index in [0.29, 0.717) is 13.2 Å². The van der Waals surface area contributed by atoms with Gasteiger partial charge in [0.05, 0.1) is 6.61 Å². The van der Waals surface area contributed by atoms with Gasteiger partial charge in [0.2, 0.25) is 0 Å². The molecule has 0 amide bonds. The molecule has 1 fully saturated rings. The first-order valence-electron chi connectivity index (χ1n) is 8.84. The molecule has 2 aromatic carbocycles. The fourth-order valence-corrected chi connectivity index (χ4v) is 4.58. The molecule has 1 aliphatic heterocycles. The van der Waals surface area contributed by atoms with E-state index in [9.17, 15) is 4.79 Å². The minimum absolute atomic E-state index is 0.0513. The van der Waals surface area contributed by atoms with Gasteiger partial charge >= 0.3 is 0 Å². The number of fused-ring (bicyclic) bond motifs is 1. The second kappa shape index (κ2) is 7.27. The molecule has 0 spiro atoms. The predicted molar refractivity (Wildman–Crippen MR) is 106 cm³/mol. The molecule has 1 unspecified atom stereocenters. The van der Waals surface area contributed by atoms with Crippen molar-refractivity contribution >= 4 is 28.4 Å². The molecule has 0 aliphatic carbocycles. The summed E-state index contributed by atoms with van der Waals surface area (Å²) in [5.41, 5.74) is 2.43. The minimum atomic E-state index is -0.839. The normalized spacial score (nSPS) is 20.3. The van der Waals surface area contributed by atoms with Gasteiger partial charge in [-0.1, -0.05) is 48.2 Å². The van der Waals surface area contributed by atoms with Gasteiger partial charge in [-0.05, 0) is 30.7 Å². The zero-order chi connectivity index (χ0) is 18.0. The molecule has 0 radical (unpaired) electrons. The van der Waals surface area contributed by atoms with Gasteiger partial charge in [-0.2, -0.15) is 0 Å². The van der Waals surface area contributed by atoms with Crippen LogP contribution in [0.5, 0.6) is 0 Å². The van der Waals surface area contributed by atoms with Crippen molar-refractivity contribution in [3.63, 3.8) is 0 Å². The van der Waals surface area contributed by atoms with Crippen LogP contribution in [-0.2, 0) is 16.1 Å². The van der Waals surface area contributed by atoms with E-state index in [2.05, 4.69) is 64.6 Å². The number of morpholine rings is 1. The van der Waals surface area contributed by atoms with Crippen molar-refractivity contribution in [2.75, 3.05) is 19.7 Å². The van der Waals surface area contributed by atoms with E-state index >= 15 is 0 Å². The Hall–Kier alpha value is -2.08. The zero-order valence-electron chi connectivity index (χ0n) is 14.8. The minimum Gasteiger partial charge on any atom is -0.354 e. The smallest absolute Gasteiger partial charge is 0.188 e. The van der Waals surface area contributed by atoms with Gasteiger partial charge in [-0.3, -0.25) is 4.79 Å². The van der Waals surface area contributed by atoms with Gasteiger partial charge in [0, 0.05) is 41.6 Å². The van der Waals surface area contributed by atoms with Crippen LogP contribution in [0.25, 0.3) is 10.9 Å². The van der Waals surface area contributed by atoms with Gasteiger partial charge in [-0.15, -0.1) is 0 Å². The summed E-state index contributed by atoms with van der Waals surface area (Å²) in [4.78, 5) is 12.6. The Morgan fingerprint density at radius 2 is 2.04 bits per heavy atom. The summed E-state index contributed by atoms with van der Waals surface area (Å²) in [6, 6.07) is 18.8. The number of hydrogen-bond donors (Lipinski definition) is 1. The molecular formula is C21H22N2O2S. The number of rotatable bonds is 5. The summed E-state index contributed by atoms with van der Waals surface area (Å²) in [6.45, 7) is 4.31. The Kier molecular flexibility index (Phi) is 4.85. The van der Waals surface area contributed by atoms with E-state index in [4.69, 9.17) is 4.74 Å². The molecule has 5 heteroatoms. The van der Waals surface area contributed by atoms with Gasteiger partial charge in [0.25, 0.3) is 0 Å². The lowest BCUT2D eigenvalue weighted by molar-refractivity contribution is -0.133. The van der Waals surface area contributed by atoms with Crippen LogP contribution >= 0.6 is 11.8 Å². The number of ketones is 1. The largest absolute Gasteiger partial charge is 0.354 e. The predicted octanol–water partition coefficient (Wildman–Crippen LogP) is 3.69. The lowest BCUT2D eigenvalue weighted by Crippen LogP contribution is -2.51. The molecule has 3 aromatic rings. The quantitative estimate of drug-likeness (QED) is 0.748. The summed E-state index contributed by atoms with van der Waals surface area (Å²) in [5.74, 6) is 0.0513. The topological polar surface area (TPSA) is 43.3 Å². The number of Topliss-reactive ketones (excluding diaryl/α,β-unsaturated/α-hetero) is 1. The lowest BCUT2D eigenvalue weighted by atomic mass is 10.2. The first-order chi connectivity index (χ1) is 12.7. The van der Waals surface area contributed by atoms with Crippen molar-refractivity contribution in [3.05, 3.63) is 66.4 Å². The van der Waals surface area contributed by atoms with Gasteiger partial charge in [-0.25, -0.2) is 0 Å². The van der Waals surface area contributed by atoms with Crippen molar-refractivity contribution in [2.45, 2.75) is 23.3 Å². The fraction of sp³-hybridized carbons (Fsp3) is 0.286. The monoisotopic (exact) mass is 366 g/mol. The summed E-state index contributed by atoms with van der Waals surface area (Å²) < 4.78 is 8.17. The highest BCUT2D eigenvalue weighted by molar-refractivity contribution is 8.01. The highest BCUT2D eigenvalue weighted by Gasteiger charge is 2.40. The Balaban J connectivity index is 1.67. The highest BCUT2D eigenvalue weighted by Crippen LogP contribution is 2.39. The maximum atomic E-state index is 12.3. The van der Waals surface area contributed by atoms with E-state index in [-0.39, 0.29) is 5.78 Å². The number of carbonyl (C=O) groups excluding carboxylic acids is 1. The SMILES string of the molecule is CC(=O)C1(Sc2cccc3c2ccn3Cc2ccccc2)CNCCO1. The summed E-state index contributed by atoms with van der Waals surface area (Å²) in [5, 5.41) is 4.45. The summed E-state index contributed by atoms with van der Waals surface area (Å²) in [6.07, 6.45) is 2.11. The maximum Gasteiger partial charge on any atom is 0.188 e. The van der Waals surface area contributed by atoms with E-state index in [0.717, 1.165) is 23.4 Å². The van der Waals surface area contributed by atoms with Crippen LogP contribution in [0.2, 0.25) is 0 Å². The van der Waals surface area contributed by atoms with Crippen LogP contribution in [0.15, 0.2) is 65.7 Å². The molecule has 4 nitrogen and oxygen atoms in total. The second-order valence-corrected chi connectivity index (χ2v) is 7.86. The third kappa shape index (κ3) is 3.30. The molecule has 1 aromatic heterocycles. The van der Waals surface area contributed by atoms with Crippen LogP contribution in [-0.4, -0.2) is 35.0 Å². The Labute approximate surface area is 157 Å². The van der Waals surface area contributed by atoms with Crippen molar-refractivity contribution in [1.29, 1.82) is 0 Å². The molecule has 26 heavy (non-hydrogen) atoms. The lowest BCUT2D eigenvalue weighted by Gasteiger charge is -2.35. The Bertz CT molecular complexity index is 914. The standard InChI is InChI=1S/C21H22N2O2S/c1-16(24)21(15-22-11-13-25-21)26-20-9-5-8-19-18(20)10-12-23(19)14-17-6-3-2-4-7-17/h2-10,12,22H,11,13-15H2,1H3. The number of aromatic nitrogens is 1. The van der Waals surface area contributed by atoms with Crippen LogP contribution in [0.1, 0.15) is 12.5 Å². The molecule has 1 N–H and O–H groups in total. The molecule has 0 bridgehead atoms. The summed E-state index contributed by atoms with van der Waals surface area (Å²) >= 11 is 1.52. The van der Waals surface area contributed by atoms with Crippen molar-refractivity contribution < 1.29 is 9.53 Å². The molecular weight excluding hydrogens is 344 g/mol. The van der Waals surface area contributed by atoms with E-state index in [1.807, 2.05) is 6.07 Å². The molecule has 4 rings (SSSR count). The molecule has 134 valence electrons. The fourth-order valence-electron chi connectivity index (χ4n) is 3.34. The average molecular weight is 366 g/mol. The highest BCUT2D eigenvalue weighted by atomic mass is 32.2. The molecule has 1 atom stereocenters. The number of nitrogens with zero attached hydrogens (tertiary/aromatic N) is 1. The Morgan fingerprint density at radius 3 is 2.77 bits per heavy atom. The van der Waals surface area contributed by atoms with Gasteiger partial charge in [0.1, 0.15) is 0 Å². The number of ether oxygens (including phenoxy) is 1. The molecule has 1 aliphatic rings. The molecule has 1 saturated heterocycles. The number of hydrogen-bond acceptors (Lipinski definition) is 4. The second-order valence-electron chi connectivity index (χ2n) is 6.55. The number of benzene rings is 2. The van der Waals surface area contributed by atoms with E-state index < -0.39 is 4.93 Å². The van der Waals surface area contributed by atoms with E-state index in [1.54, 1.807) is 6.92 Å². The zero-order valence-corrected chi connectivity index (χ0v) is 15.6. The molecule has 2 heterocycles. The number of carbonyl (C=O) groups is 1. The average Bonchev–Trinajstić information content (AvgIpc) is 3.07. The Morgan fingerprint density at radius 1 is 1.19 bits per heavy atom. The van der Waals surface area contributed by atoms with Crippen LogP contribution < -0.4 is 5.32 Å². The van der Waals surface area contributed by atoms with Gasteiger partial charge < -0.3 is 14.6 Å². The van der Waals surface area contributed by atoms with Gasteiger partial charge in [0.15, 0.2) is 10.7 Å². The third-order valence-corrected chi connectivity index (χ3v) is 6.21. The first kappa shape index (κ1) is 17.3. The first-order valence-corrected chi connectivity index (χ1v) is 9.66. The van der Waals surface area contributed by atoms with E-state index in [1.165, 1.54) is 22.8 Å². The van der Waals surface area contributed by atoms with Crippen LogP contribution in [0.3, 0.4) is 0 Å². The maximum absolute atomic E-state index is 12.3. The summed E-state index contributed by atoms with van der Waals surface area (Å²) in [7, 11) is 0. The van der Waals surface area contributed by atoms with Crippen molar-refractivity contribution in [3.8, 4) is 0 Å². The van der Waals surface area contributed by atoms with Crippen LogP contribution in [0, 0.1) is 0 Å². The number of nitrogens with one attached hydrogen (secondary N) is 1. The molecule has 0 saturated carbocycles. The third-order valence-electron chi connectivity index (χ3n) is 4.75.